The van der Waals surface area contributed by atoms with Crippen molar-refractivity contribution in [1.29, 1.82) is 0 Å². The van der Waals surface area contributed by atoms with Crippen molar-refractivity contribution in [2.75, 3.05) is 25.6 Å². The number of hydrogen-bond donors (Lipinski definition) is 2. The van der Waals surface area contributed by atoms with Gasteiger partial charge >= 0.3 is 0 Å². The molecule has 1 amide bonds. The van der Waals surface area contributed by atoms with Crippen molar-refractivity contribution in [3.63, 3.8) is 0 Å². The Morgan fingerprint density at radius 3 is 2.85 bits per heavy atom. The lowest BCUT2D eigenvalue weighted by molar-refractivity contribution is 0.0933. The maximum Gasteiger partial charge on any atom is 0.270 e. The summed E-state index contributed by atoms with van der Waals surface area (Å²) in [7, 11) is 1.69. The Kier molecular flexibility index (Phi) is 5.80. The fourth-order valence-electron chi connectivity index (χ4n) is 2.41. The summed E-state index contributed by atoms with van der Waals surface area (Å²) in [5.74, 6) is -0.0668. The van der Waals surface area contributed by atoms with Gasteiger partial charge in [-0.2, -0.15) is 0 Å². The van der Waals surface area contributed by atoms with Gasteiger partial charge in [0.15, 0.2) is 0 Å². The quantitative estimate of drug-likeness (QED) is 0.750. The first-order chi connectivity index (χ1) is 9.79. The molecule has 0 aromatic carbocycles. The number of carbonyl (C=O) groups is 1. The Morgan fingerprint density at radius 2 is 2.20 bits per heavy atom. The monoisotopic (exact) mass is 277 g/mol. The van der Waals surface area contributed by atoms with E-state index in [0.29, 0.717) is 11.7 Å². The summed E-state index contributed by atoms with van der Waals surface area (Å²) in [6.07, 6.45) is 7.25. The first-order valence-electron chi connectivity index (χ1n) is 7.29. The zero-order chi connectivity index (χ0) is 14.2. The van der Waals surface area contributed by atoms with Crippen LogP contribution in [0.15, 0.2) is 18.3 Å². The lowest BCUT2D eigenvalue weighted by Gasteiger charge is -2.11. The molecule has 110 valence electrons. The van der Waals surface area contributed by atoms with Crippen LogP contribution >= 0.6 is 0 Å². The van der Waals surface area contributed by atoms with E-state index in [4.69, 9.17) is 4.74 Å². The molecule has 2 rings (SSSR count). The van der Waals surface area contributed by atoms with E-state index in [0.717, 1.165) is 38.1 Å². The SMILES string of the molecule is COCCCNc1ccc(C(=O)NC2CCCC2)nc1. The van der Waals surface area contributed by atoms with E-state index in [1.807, 2.05) is 6.07 Å². The second-order valence-electron chi connectivity index (χ2n) is 5.16. The third-order valence-corrected chi connectivity index (χ3v) is 3.54. The van der Waals surface area contributed by atoms with Crippen LogP contribution in [0.2, 0.25) is 0 Å². The fraction of sp³-hybridized carbons (Fsp3) is 0.600. The average molecular weight is 277 g/mol. The molecule has 1 aliphatic carbocycles. The van der Waals surface area contributed by atoms with Gasteiger partial charge in [-0.05, 0) is 31.4 Å². The summed E-state index contributed by atoms with van der Waals surface area (Å²) in [5.41, 5.74) is 1.41. The first-order valence-corrected chi connectivity index (χ1v) is 7.29. The van der Waals surface area contributed by atoms with Crippen LogP contribution in [0, 0.1) is 0 Å². The number of hydrogen-bond acceptors (Lipinski definition) is 4. The minimum atomic E-state index is -0.0668. The number of ether oxygens (including phenoxy) is 1. The van der Waals surface area contributed by atoms with Crippen LogP contribution in [-0.2, 0) is 4.74 Å². The van der Waals surface area contributed by atoms with Crippen molar-refractivity contribution in [3.05, 3.63) is 24.0 Å². The van der Waals surface area contributed by atoms with Crippen molar-refractivity contribution in [1.82, 2.24) is 10.3 Å². The van der Waals surface area contributed by atoms with Gasteiger partial charge in [-0.1, -0.05) is 12.8 Å². The third kappa shape index (κ3) is 4.49. The number of amides is 1. The number of rotatable bonds is 7. The van der Waals surface area contributed by atoms with Gasteiger partial charge in [0, 0.05) is 26.3 Å². The van der Waals surface area contributed by atoms with Crippen molar-refractivity contribution in [2.45, 2.75) is 38.1 Å². The maximum atomic E-state index is 12.0. The molecular weight excluding hydrogens is 254 g/mol. The van der Waals surface area contributed by atoms with E-state index >= 15 is 0 Å². The summed E-state index contributed by atoms with van der Waals surface area (Å²) < 4.78 is 4.99. The number of nitrogens with one attached hydrogen (secondary N) is 2. The van der Waals surface area contributed by atoms with E-state index in [1.165, 1.54) is 12.8 Å². The maximum absolute atomic E-state index is 12.0. The lowest BCUT2D eigenvalue weighted by Crippen LogP contribution is -2.33. The Morgan fingerprint density at radius 1 is 1.40 bits per heavy atom. The van der Waals surface area contributed by atoms with E-state index in [1.54, 1.807) is 19.4 Å². The van der Waals surface area contributed by atoms with Crippen LogP contribution in [0.3, 0.4) is 0 Å². The van der Waals surface area contributed by atoms with Gasteiger partial charge in [-0.25, -0.2) is 4.98 Å². The molecule has 1 aromatic heterocycles. The molecule has 1 fully saturated rings. The Hall–Kier alpha value is -1.62. The molecule has 0 unspecified atom stereocenters. The molecule has 0 atom stereocenters. The molecule has 0 spiro atoms. The predicted octanol–water partition coefficient (Wildman–Crippen LogP) is 2.20. The molecule has 0 aliphatic heterocycles. The van der Waals surface area contributed by atoms with Gasteiger partial charge in [0.2, 0.25) is 0 Å². The largest absolute Gasteiger partial charge is 0.385 e. The Labute approximate surface area is 120 Å². The molecule has 1 aromatic rings. The lowest BCUT2D eigenvalue weighted by atomic mass is 10.2. The zero-order valence-corrected chi connectivity index (χ0v) is 12.0. The van der Waals surface area contributed by atoms with E-state index in [2.05, 4.69) is 15.6 Å². The third-order valence-electron chi connectivity index (χ3n) is 3.54. The zero-order valence-electron chi connectivity index (χ0n) is 12.0. The topological polar surface area (TPSA) is 63.2 Å². The van der Waals surface area contributed by atoms with Crippen LogP contribution in [0.5, 0.6) is 0 Å². The second-order valence-corrected chi connectivity index (χ2v) is 5.16. The van der Waals surface area contributed by atoms with Crippen LogP contribution < -0.4 is 10.6 Å². The van der Waals surface area contributed by atoms with Crippen LogP contribution in [0.25, 0.3) is 0 Å². The molecule has 2 N–H and O–H groups in total. The first kappa shape index (κ1) is 14.8. The van der Waals surface area contributed by atoms with Crippen LogP contribution in [-0.4, -0.2) is 37.2 Å². The molecule has 0 saturated heterocycles. The van der Waals surface area contributed by atoms with Crippen molar-refractivity contribution in [2.24, 2.45) is 0 Å². The van der Waals surface area contributed by atoms with Gasteiger partial charge < -0.3 is 15.4 Å². The standard InChI is InChI=1S/C15H23N3O2/c1-20-10-4-9-16-13-7-8-14(17-11-13)15(19)18-12-5-2-3-6-12/h7-8,11-12,16H,2-6,9-10H2,1H3,(H,18,19). The molecule has 1 heterocycles. The number of nitrogens with zero attached hydrogens (tertiary/aromatic N) is 1. The highest BCUT2D eigenvalue weighted by molar-refractivity contribution is 5.92. The van der Waals surface area contributed by atoms with Gasteiger partial charge in [-0.15, -0.1) is 0 Å². The van der Waals surface area contributed by atoms with Gasteiger partial charge in [0.25, 0.3) is 5.91 Å². The minimum absolute atomic E-state index is 0.0668. The molecule has 5 nitrogen and oxygen atoms in total. The molecular formula is C15H23N3O2. The van der Waals surface area contributed by atoms with Crippen LogP contribution in [0.1, 0.15) is 42.6 Å². The molecule has 20 heavy (non-hydrogen) atoms. The fourth-order valence-corrected chi connectivity index (χ4v) is 2.41. The van der Waals surface area contributed by atoms with Crippen molar-refractivity contribution in [3.8, 4) is 0 Å². The summed E-state index contributed by atoms with van der Waals surface area (Å²) >= 11 is 0. The highest BCUT2D eigenvalue weighted by Crippen LogP contribution is 2.18. The van der Waals surface area contributed by atoms with Crippen LogP contribution in [0.4, 0.5) is 5.69 Å². The summed E-state index contributed by atoms with van der Waals surface area (Å²) in [5, 5.41) is 6.28. The summed E-state index contributed by atoms with van der Waals surface area (Å²) in [6, 6.07) is 3.99. The highest BCUT2D eigenvalue weighted by atomic mass is 16.5. The number of aromatic nitrogens is 1. The minimum Gasteiger partial charge on any atom is -0.385 e. The van der Waals surface area contributed by atoms with Gasteiger partial charge in [0.05, 0.1) is 11.9 Å². The molecule has 1 aliphatic rings. The van der Waals surface area contributed by atoms with Crippen molar-refractivity contribution < 1.29 is 9.53 Å². The average Bonchev–Trinajstić information content (AvgIpc) is 2.97. The molecule has 5 heteroatoms. The normalized spacial score (nSPS) is 15.2. The molecule has 0 radical (unpaired) electrons. The predicted molar refractivity (Wildman–Crippen MR) is 78.9 cm³/mol. The van der Waals surface area contributed by atoms with E-state index in [9.17, 15) is 4.79 Å². The number of anilines is 1. The Balaban J connectivity index is 1.79. The molecule has 1 saturated carbocycles. The van der Waals surface area contributed by atoms with Crippen molar-refractivity contribution >= 4 is 11.6 Å². The second kappa shape index (κ2) is 7.85. The Bertz CT molecular complexity index is 414. The highest BCUT2D eigenvalue weighted by Gasteiger charge is 2.18. The van der Waals surface area contributed by atoms with E-state index < -0.39 is 0 Å². The van der Waals surface area contributed by atoms with E-state index in [-0.39, 0.29) is 5.91 Å². The van der Waals surface area contributed by atoms with Gasteiger partial charge in [-0.3, -0.25) is 4.79 Å². The number of carbonyl (C=O) groups excluding carboxylic acids is 1. The summed E-state index contributed by atoms with van der Waals surface area (Å²) in [6.45, 7) is 1.57. The summed E-state index contributed by atoms with van der Waals surface area (Å²) in [4.78, 5) is 16.2. The number of methoxy groups -OCH3 is 1. The smallest absolute Gasteiger partial charge is 0.270 e. The molecule has 0 bridgehead atoms. The van der Waals surface area contributed by atoms with Gasteiger partial charge in [0.1, 0.15) is 5.69 Å². The number of pyridine rings is 1.